The third-order valence-corrected chi connectivity index (χ3v) is 3.46. The number of carbonyl (C=O) groups is 1. The highest BCUT2D eigenvalue weighted by Gasteiger charge is 2.16. The number of carbonyl (C=O) groups excluding carboxylic acids is 1. The van der Waals surface area contributed by atoms with Gasteiger partial charge in [0.25, 0.3) is 5.91 Å². The van der Waals surface area contributed by atoms with Gasteiger partial charge in [-0.05, 0) is 24.3 Å². The maximum absolute atomic E-state index is 13.7. The van der Waals surface area contributed by atoms with E-state index in [0.29, 0.717) is 6.07 Å². The van der Waals surface area contributed by atoms with Gasteiger partial charge >= 0.3 is 0 Å². The van der Waals surface area contributed by atoms with Crippen molar-refractivity contribution in [2.24, 2.45) is 5.14 Å². The van der Waals surface area contributed by atoms with Crippen LogP contribution in [-0.2, 0) is 16.6 Å². The van der Waals surface area contributed by atoms with Crippen molar-refractivity contribution in [3.8, 4) is 0 Å². The molecule has 0 fully saturated rings. The van der Waals surface area contributed by atoms with Gasteiger partial charge in [-0.1, -0.05) is 0 Å². The Morgan fingerprint density at radius 2 is 2.10 bits per heavy atom. The molecule has 0 saturated carbocycles. The van der Waals surface area contributed by atoms with Crippen molar-refractivity contribution in [1.29, 1.82) is 0 Å². The van der Waals surface area contributed by atoms with Gasteiger partial charge in [0.1, 0.15) is 5.82 Å². The summed E-state index contributed by atoms with van der Waals surface area (Å²) >= 11 is 0. The zero-order chi connectivity index (χ0) is 14.8. The summed E-state index contributed by atoms with van der Waals surface area (Å²) in [5, 5.41) is 7.35. The molecule has 0 bridgehead atoms. The number of halogens is 1. The van der Waals surface area contributed by atoms with Gasteiger partial charge in [-0.15, -0.1) is 0 Å². The van der Waals surface area contributed by atoms with Crippen LogP contribution >= 0.6 is 0 Å². The number of benzene rings is 1. The molecule has 2 rings (SSSR count). The molecule has 0 aliphatic heterocycles. The zero-order valence-corrected chi connectivity index (χ0v) is 11.0. The van der Waals surface area contributed by atoms with Gasteiger partial charge in [0, 0.05) is 12.1 Å². The fraction of sp³-hybridized carbons (Fsp3) is 0.0833. The van der Waals surface area contributed by atoms with Gasteiger partial charge in [-0.25, -0.2) is 17.9 Å². The van der Waals surface area contributed by atoms with Crippen molar-refractivity contribution in [3.05, 3.63) is 53.7 Å². The molecule has 20 heavy (non-hydrogen) atoms. The second-order valence-electron chi connectivity index (χ2n) is 4.00. The second kappa shape index (κ2) is 5.43. The molecule has 0 saturated heterocycles. The highest BCUT2D eigenvalue weighted by molar-refractivity contribution is 7.89. The smallest absolute Gasteiger partial charge is 0.254 e. The fourth-order valence-electron chi connectivity index (χ4n) is 1.53. The van der Waals surface area contributed by atoms with Gasteiger partial charge in [-0.3, -0.25) is 4.79 Å². The molecule has 2 aromatic rings. The van der Waals surface area contributed by atoms with Crippen molar-refractivity contribution in [2.75, 3.05) is 0 Å². The zero-order valence-electron chi connectivity index (χ0n) is 10.2. The topological polar surface area (TPSA) is 102 Å². The van der Waals surface area contributed by atoms with Gasteiger partial charge in [0.15, 0.2) is 0 Å². The molecule has 3 N–H and O–H groups in total. The molecule has 0 atom stereocenters. The van der Waals surface area contributed by atoms with E-state index in [0.717, 1.165) is 17.7 Å². The Balaban J connectivity index is 2.14. The van der Waals surface area contributed by atoms with Crippen LogP contribution in [0.5, 0.6) is 0 Å². The Morgan fingerprint density at radius 3 is 2.65 bits per heavy atom. The number of hydrogen-bond acceptors (Lipinski definition) is 4. The summed E-state index contributed by atoms with van der Waals surface area (Å²) in [6.45, 7) is 0.172. The number of primary sulfonamides is 1. The molecule has 8 heteroatoms. The third-order valence-electron chi connectivity index (χ3n) is 2.55. The van der Waals surface area contributed by atoms with Crippen LogP contribution in [0.3, 0.4) is 0 Å². The maximum atomic E-state index is 13.7. The average Bonchev–Trinajstić information content (AvgIpc) is 2.87. The number of hydrogen-bond donors (Lipinski definition) is 2. The number of amides is 1. The van der Waals surface area contributed by atoms with Crippen LogP contribution < -0.4 is 10.5 Å². The van der Waals surface area contributed by atoms with Gasteiger partial charge in [0.2, 0.25) is 10.0 Å². The molecule has 0 spiro atoms. The van der Waals surface area contributed by atoms with E-state index in [2.05, 4.69) is 5.32 Å². The first kappa shape index (κ1) is 14.2. The summed E-state index contributed by atoms with van der Waals surface area (Å²) in [6, 6.07) is 4.51. The minimum atomic E-state index is -4.00. The number of nitrogens with one attached hydrogen (secondary N) is 1. The summed E-state index contributed by atoms with van der Waals surface area (Å²) in [5.41, 5.74) is 0.459. The third kappa shape index (κ3) is 3.22. The van der Waals surface area contributed by atoms with E-state index in [4.69, 9.17) is 9.56 Å². The molecule has 106 valence electrons. The highest BCUT2D eigenvalue weighted by Crippen LogP contribution is 2.14. The predicted octanol–water partition coefficient (Wildman–Crippen LogP) is 0.996. The van der Waals surface area contributed by atoms with E-state index in [1.807, 2.05) is 0 Å². The lowest BCUT2D eigenvalue weighted by Gasteiger charge is -2.06. The number of rotatable bonds is 4. The molecule has 0 aliphatic carbocycles. The SMILES string of the molecule is NS(=O)(=O)c1ccc(C(=O)NCc2ccoc2)c(F)c1. The lowest BCUT2D eigenvalue weighted by Crippen LogP contribution is -2.24. The molecule has 0 radical (unpaired) electrons. The summed E-state index contributed by atoms with van der Waals surface area (Å²) in [5.74, 6) is -1.62. The van der Waals surface area contributed by atoms with E-state index in [-0.39, 0.29) is 17.0 Å². The molecule has 1 heterocycles. The molecule has 0 aliphatic rings. The van der Waals surface area contributed by atoms with Crippen LogP contribution in [0.4, 0.5) is 4.39 Å². The van der Waals surface area contributed by atoms with Crippen molar-refractivity contribution < 1.29 is 22.0 Å². The monoisotopic (exact) mass is 298 g/mol. The summed E-state index contributed by atoms with van der Waals surface area (Å²) in [7, 11) is -4.00. The quantitative estimate of drug-likeness (QED) is 0.878. The molecule has 1 aromatic heterocycles. The Hall–Kier alpha value is -2.19. The Kier molecular flexibility index (Phi) is 3.86. The normalized spacial score (nSPS) is 11.3. The Bertz CT molecular complexity index is 726. The highest BCUT2D eigenvalue weighted by atomic mass is 32.2. The van der Waals surface area contributed by atoms with Gasteiger partial charge in [0.05, 0.1) is 23.0 Å². The minimum Gasteiger partial charge on any atom is -0.472 e. The lowest BCUT2D eigenvalue weighted by atomic mass is 10.2. The average molecular weight is 298 g/mol. The first-order valence-corrected chi connectivity index (χ1v) is 7.04. The van der Waals surface area contributed by atoms with Crippen molar-refractivity contribution >= 4 is 15.9 Å². The number of nitrogens with two attached hydrogens (primary N) is 1. The van der Waals surface area contributed by atoms with Gasteiger partial charge in [-0.2, -0.15) is 0 Å². The van der Waals surface area contributed by atoms with Crippen LogP contribution in [0.1, 0.15) is 15.9 Å². The summed E-state index contributed by atoms with van der Waals surface area (Å²) < 4.78 is 40.6. The number of furan rings is 1. The Labute approximate surface area is 114 Å². The van der Waals surface area contributed by atoms with E-state index >= 15 is 0 Å². The first-order valence-electron chi connectivity index (χ1n) is 5.49. The van der Waals surface area contributed by atoms with E-state index in [9.17, 15) is 17.6 Å². The first-order chi connectivity index (χ1) is 9.38. The fourth-order valence-corrected chi connectivity index (χ4v) is 2.05. The standard InChI is InChI=1S/C12H11FN2O4S/c13-11-5-9(20(14,17)18)1-2-10(11)12(16)15-6-8-3-4-19-7-8/h1-5,7H,6H2,(H,15,16)(H2,14,17,18). The number of sulfonamides is 1. The molecule has 1 amide bonds. The van der Waals surface area contributed by atoms with Crippen molar-refractivity contribution in [3.63, 3.8) is 0 Å². The van der Waals surface area contributed by atoms with Crippen LogP contribution in [0.25, 0.3) is 0 Å². The molecule has 1 aromatic carbocycles. The largest absolute Gasteiger partial charge is 0.472 e. The molecular formula is C12H11FN2O4S. The van der Waals surface area contributed by atoms with E-state index in [1.165, 1.54) is 12.5 Å². The summed E-state index contributed by atoms with van der Waals surface area (Å²) in [4.78, 5) is 11.4. The van der Waals surface area contributed by atoms with Crippen molar-refractivity contribution in [1.82, 2.24) is 5.32 Å². The maximum Gasteiger partial charge on any atom is 0.254 e. The molecule has 0 unspecified atom stereocenters. The molecule has 6 nitrogen and oxygen atoms in total. The van der Waals surface area contributed by atoms with Gasteiger partial charge < -0.3 is 9.73 Å². The predicted molar refractivity (Wildman–Crippen MR) is 67.7 cm³/mol. The van der Waals surface area contributed by atoms with E-state index in [1.54, 1.807) is 6.07 Å². The summed E-state index contributed by atoms with van der Waals surface area (Å²) in [6.07, 6.45) is 2.89. The van der Waals surface area contributed by atoms with Crippen LogP contribution in [-0.4, -0.2) is 14.3 Å². The molecular weight excluding hydrogens is 287 g/mol. The van der Waals surface area contributed by atoms with Crippen LogP contribution in [0.2, 0.25) is 0 Å². The minimum absolute atomic E-state index is 0.172. The lowest BCUT2D eigenvalue weighted by molar-refractivity contribution is 0.0946. The second-order valence-corrected chi connectivity index (χ2v) is 5.56. The van der Waals surface area contributed by atoms with Crippen molar-refractivity contribution in [2.45, 2.75) is 11.4 Å². The van der Waals surface area contributed by atoms with Crippen LogP contribution in [0, 0.1) is 5.82 Å². The van der Waals surface area contributed by atoms with Crippen LogP contribution in [0.15, 0.2) is 46.1 Å². The Morgan fingerprint density at radius 1 is 1.35 bits per heavy atom. The van der Waals surface area contributed by atoms with E-state index < -0.39 is 21.7 Å².